The Balaban J connectivity index is 1.85. The van der Waals surface area contributed by atoms with E-state index in [2.05, 4.69) is 41.4 Å². The first kappa shape index (κ1) is 11.2. The number of aromatic nitrogens is 1. The molecule has 1 aromatic carbocycles. The third-order valence-corrected chi connectivity index (χ3v) is 6.14. The molecule has 0 saturated heterocycles. The van der Waals surface area contributed by atoms with Gasteiger partial charge >= 0.3 is 0 Å². The minimum Gasteiger partial charge on any atom is -0.358 e. The normalized spacial score (nSPS) is 30.0. The highest BCUT2D eigenvalue weighted by atomic mass is 14.8. The lowest BCUT2D eigenvalue weighted by atomic mass is 9.58. The zero-order chi connectivity index (χ0) is 13.2. The molecular weight excluding hydrogens is 242 g/mol. The van der Waals surface area contributed by atoms with E-state index in [1.165, 1.54) is 55.1 Å². The maximum atomic E-state index is 3.76. The molecule has 1 spiro atoms. The van der Waals surface area contributed by atoms with Gasteiger partial charge in [-0.1, -0.05) is 49.6 Å². The molecule has 2 unspecified atom stereocenters. The fourth-order valence-corrected chi connectivity index (χ4v) is 5.29. The number of benzene rings is 1. The van der Waals surface area contributed by atoms with Gasteiger partial charge in [-0.3, -0.25) is 0 Å². The van der Waals surface area contributed by atoms with Crippen LogP contribution in [0, 0.1) is 5.92 Å². The molecule has 20 heavy (non-hydrogen) atoms. The SMILES string of the molecule is C1=CC2CC1c1[nH]c3ccccc3c1C21CCCCC1. The van der Waals surface area contributed by atoms with E-state index in [-0.39, 0.29) is 0 Å². The quantitative estimate of drug-likeness (QED) is 0.641. The highest BCUT2D eigenvalue weighted by Crippen LogP contribution is 2.58. The Morgan fingerprint density at radius 2 is 1.85 bits per heavy atom. The molecule has 3 aliphatic carbocycles. The number of fused-ring (bicyclic) bond motifs is 8. The van der Waals surface area contributed by atoms with Crippen LogP contribution in [0.15, 0.2) is 36.4 Å². The molecule has 1 fully saturated rings. The van der Waals surface area contributed by atoms with E-state index < -0.39 is 0 Å². The number of allylic oxidation sites excluding steroid dienone is 2. The summed E-state index contributed by atoms with van der Waals surface area (Å²) in [7, 11) is 0. The summed E-state index contributed by atoms with van der Waals surface area (Å²) in [4.78, 5) is 3.76. The molecule has 1 aromatic heterocycles. The van der Waals surface area contributed by atoms with Crippen molar-refractivity contribution in [3.05, 3.63) is 47.7 Å². The molecule has 1 nitrogen and oxygen atoms in total. The van der Waals surface area contributed by atoms with E-state index in [0.29, 0.717) is 11.3 Å². The Hall–Kier alpha value is -1.50. The van der Waals surface area contributed by atoms with Gasteiger partial charge in [-0.05, 0) is 36.8 Å². The van der Waals surface area contributed by atoms with Gasteiger partial charge in [0.2, 0.25) is 0 Å². The van der Waals surface area contributed by atoms with E-state index in [0.717, 1.165) is 5.92 Å². The van der Waals surface area contributed by atoms with Crippen molar-refractivity contribution in [1.82, 2.24) is 4.98 Å². The second-order valence-electron chi connectivity index (χ2n) is 7.01. The van der Waals surface area contributed by atoms with Gasteiger partial charge < -0.3 is 4.98 Å². The van der Waals surface area contributed by atoms with Crippen LogP contribution in [-0.2, 0) is 5.41 Å². The van der Waals surface area contributed by atoms with E-state index >= 15 is 0 Å². The summed E-state index contributed by atoms with van der Waals surface area (Å²) < 4.78 is 0. The molecule has 0 amide bonds. The predicted molar refractivity (Wildman–Crippen MR) is 83.0 cm³/mol. The third kappa shape index (κ3) is 1.24. The minimum absolute atomic E-state index is 0.441. The van der Waals surface area contributed by atoms with Crippen LogP contribution in [0.5, 0.6) is 0 Å². The van der Waals surface area contributed by atoms with Crippen molar-refractivity contribution in [3.8, 4) is 0 Å². The van der Waals surface area contributed by atoms with Crippen molar-refractivity contribution in [2.24, 2.45) is 5.92 Å². The van der Waals surface area contributed by atoms with Crippen molar-refractivity contribution in [2.75, 3.05) is 0 Å². The summed E-state index contributed by atoms with van der Waals surface area (Å²) in [5.41, 5.74) is 5.02. The molecule has 2 bridgehead atoms. The van der Waals surface area contributed by atoms with Crippen molar-refractivity contribution in [3.63, 3.8) is 0 Å². The van der Waals surface area contributed by atoms with Gasteiger partial charge in [0.25, 0.3) is 0 Å². The Morgan fingerprint density at radius 3 is 2.75 bits per heavy atom. The number of nitrogens with one attached hydrogen (secondary N) is 1. The molecule has 102 valence electrons. The van der Waals surface area contributed by atoms with Crippen molar-refractivity contribution >= 4 is 10.9 Å². The fraction of sp³-hybridized carbons (Fsp3) is 0.474. The number of para-hydroxylation sites is 1. The van der Waals surface area contributed by atoms with E-state index in [1.807, 2.05) is 0 Å². The Labute approximate surface area is 120 Å². The van der Waals surface area contributed by atoms with Crippen LogP contribution >= 0.6 is 0 Å². The zero-order valence-corrected chi connectivity index (χ0v) is 11.9. The molecule has 1 heteroatoms. The molecule has 1 saturated carbocycles. The van der Waals surface area contributed by atoms with Gasteiger partial charge in [0.05, 0.1) is 0 Å². The van der Waals surface area contributed by atoms with Crippen molar-refractivity contribution in [1.29, 1.82) is 0 Å². The lowest BCUT2D eigenvalue weighted by molar-refractivity contribution is 0.206. The molecule has 1 heterocycles. The largest absolute Gasteiger partial charge is 0.358 e. The molecular formula is C19H21N. The summed E-state index contributed by atoms with van der Waals surface area (Å²) in [6.45, 7) is 0. The van der Waals surface area contributed by atoms with Crippen molar-refractivity contribution in [2.45, 2.75) is 49.9 Å². The van der Waals surface area contributed by atoms with Crippen LogP contribution in [-0.4, -0.2) is 4.98 Å². The maximum absolute atomic E-state index is 3.76. The van der Waals surface area contributed by atoms with Gasteiger partial charge in [0.15, 0.2) is 0 Å². The van der Waals surface area contributed by atoms with Gasteiger partial charge in [-0.25, -0.2) is 0 Å². The number of hydrogen-bond donors (Lipinski definition) is 1. The topological polar surface area (TPSA) is 15.8 Å². The molecule has 2 atom stereocenters. The zero-order valence-electron chi connectivity index (χ0n) is 11.9. The van der Waals surface area contributed by atoms with Crippen LogP contribution < -0.4 is 0 Å². The summed E-state index contributed by atoms with van der Waals surface area (Å²) in [6.07, 6.45) is 13.4. The number of aromatic amines is 1. The van der Waals surface area contributed by atoms with E-state index in [9.17, 15) is 0 Å². The Bertz CT molecular complexity index is 700. The third-order valence-electron chi connectivity index (χ3n) is 6.14. The highest BCUT2D eigenvalue weighted by Gasteiger charge is 2.49. The molecule has 2 aromatic rings. The second kappa shape index (κ2) is 3.78. The van der Waals surface area contributed by atoms with Crippen LogP contribution in [0.4, 0.5) is 0 Å². The lowest BCUT2D eigenvalue weighted by Gasteiger charge is -2.45. The molecule has 0 radical (unpaired) electrons. The summed E-state index contributed by atoms with van der Waals surface area (Å²) >= 11 is 0. The fourth-order valence-electron chi connectivity index (χ4n) is 5.29. The molecule has 1 N–H and O–H groups in total. The van der Waals surface area contributed by atoms with Crippen LogP contribution in [0.25, 0.3) is 10.9 Å². The van der Waals surface area contributed by atoms with Gasteiger partial charge in [0.1, 0.15) is 0 Å². The maximum Gasteiger partial charge on any atom is 0.0459 e. The van der Waals surface area contributed by atoms with Crippen LogP contribution in [0.3, 0.4) is 0 Å². The first-order chi connectivity index (χ1) is 9.88. The molecule has 5 rings (SSSR count). The smallest absolute Gasteiger partial charge is 0.0459 e. The average molecular weight is 263 g/mol. The van der Waals surface area contributed by atoms with Gasteiger partial charge in [-0.2, -0.15) is 0 Å². The molecule has 3 aliphatic rings. The van der Waals surface area contributed by atoms with Gasteiger partial charge in [0, 0.05) is 27.9 Å². The first-order valence-electron chi connectivity index (χ1n) is 8.18. The minimum atomic E-state index is 0.441. The highest BCUT2D eigenvalue weighted by molar-refractivity contribution is 5.87. The summed E-state index contributed by atoms with van der Waals surface area (Å²) in [5.74, 6) is 1.44. The van der Waals surface area contributed by atoms with E-state index in [1.54, 1.807) is 5.56 Å². The Kier molecular flexibility index (Phi) is 2.12. The Morgan fingerprint density at radius 1 is 1.00 bits per heavy atom. The van der Waals surface area contributed by atoms with Crippen molar-refractivity contribution < 1.29 is 0 Å². The standard InChI is InChI=1S/C19H21N/c1-4-10-19(11-5-1)14-9-8-13(12-14)18-17(19)15-6-2-3-7-16(15)20-18/h2-3,6-9,13-14,20H,1,4-5,10-12H2. The first-order valence-corrected chi connectivity index (χ1v) is 8.18. The number of hydrogen-bond acceptors (Lipinski definition) is 0. The van der Waals surface area contributed by atoms with Crippen LogP contribution in [0.1, 0.15) is 55.7 Å². The van der Waals surface area contributed by atoms with Crippen LogP contribution in [0.2, 0.25) is 0 Å². The molecule has 0 aliphatic heterocycles. The monoisotopic (exact) mass is 263 g/mol. The summed E-state index contributed by atoms with van der Waals surface area (Å²) in [6, 6.07) is 8.95. The van der Waals surface area contributed by atoms with Gasteiger partial charge in [-0.15, -0.1) is 0 Å². The number of H-pyrrole nitrogens is 1. The summed E-state index contributed by atoms with van der Waals surface area (Å²) in [5, 5.41) is 1.50. The van der Waals surface area contributed by atoms with E-state index in [4.69, 9.17) is 0 Å². The average Bonchev–Trinajstić information content (AvgIpc) is 3.11. The lowest BCUT2D eigenvalue weighted by Crippen LogP contribution is -2.39. The number of rotatable bonds is 0. The predicted octanol–water partition coefficient (Wildman–Crippen LogP) is 5.04. The second-order valence-corrected chi connectivity index (χ2v) is 7.01.